The van der Waals surface area contributed by atoms with Crippen molar-refractivity contribution in [3.05, 3.63) is 20.2 Å². The molecule has 0 radical (unpaired) electrons. The lowest BCUT2D eigenvalue weighted by Gasteiger charge is -2.27. The predicted molar refractivity (Wildman–Crippen MR) is 86.5 cm³/mol. The van der Waals surface area contributed by atoms with Gasteiger partial charge in [0.25, 0.3) is 0 Å². The van der Waals surface area contributed by atoms with E-state index >= 15 is 0 Å². The molecule has 0 N–H and O–H groups in total. The summed E-state index contributed by atoms with van der Waals surface area (Å²) in [6.45, 7) is 11.9. The van der Waals surface area contributed by atoms with Crippen molar-refractivity contribution in [2.75, 3.05) is 13.1 Å². The van der Waals surface area contributed by atoms with Gasteiger partial charge in [0.1, 0.15) is 0 Å². The number of hydrogen-bond donors (Lipinski definition) is 0. The van der Waals surface area contributed by atoms with Crippen LogP contribution in [0.1, 0.15) is 51.1 Å². The van der Waals surface area contributed by atoms with Crippen LogP contribution in [0.2, 0.25) is 0 Å². The van der Waals surface area contributed by atoms with E-state index in [2.05, 4.69) is 32.6 Å². The summed E-state index contributed by atoms with van der Waals surface area (Å²) in [4.78, 5) is 16.3. The van der Waals surface area contributed by atoms with Crippen LogP contribution in [0.25, 0.3) is 0 Å². The minimum absolute atomic E-state index is 0.245. The summed E-state index contributed by atoms with van der Waals surface area (Å²) in [5.41, 5.74) is 1.32. The Kier molecular flexibility index (Phi) is 5.44. The lowest BCUT2D eigenvalue weighted by atomic mass is 10.0. The van der Waals surface area contributed by atoms with E-state index in [1.54, 1.807) is 0 Å². The fourth-order valence-corrected chi connectivity index (χ4v) is 4.16. The Labute approximate surface area is 126 Å². The molecule has 1 aromatic heterocycles. The molecule has 1 aliphatic rings. The Bertz CT molecular complexity index is 477. The largest absolute Gasteiger partial charge is 0.308 e. The first-order valence-corrected chi connectivity index (χ1v) is 8.72. The SMILES string of the molecule is CC(C)CN(CC(C)C)Cn1c2c(sc1=O)CCCC2. The van der Waals surface area contributed by atoms with Gasteiger partial charge in [-0.15, -0.1) is 0 Å². The molecule has 0 saturated carbocycles. The van der Waals surface area contributed by atoms with Gasteiger partial charge in [-0.25, -0.2) is 0 Å². The number of thiazole rings is 1. The highest BCUT2D eigenvalue weighted by molar-refractivity contribution is 7.09. The molecule has 114 valence electrons. The van der Waals surface area contributed by atoms with Crippen molar-refractivity contribution in [2.45, 2.75) is 60.0 Å². The Morgan fingerprint density at radius 2 is 1.70 bits per heavy atom. The van der Waals surface area contributed by atoms with Gasteiger partial charge in [0.05, 0.1) is 6.67 Å². The molecule has 1 aliphatic carbocycles. The van der Waals surface area contributed by atoms with Gasteiger partial charge < -0.3 is 0 Å². The molecule has 2 rings (SSSR count). The third-order valence-corrected chi connectivity index (χ3v) is 4.82. The summed E-state index contributed by atoms with van der Waals surface area (Å²) in [6, 6.07) is 0. The number of aromatic nitrogens is 1. The lowest BCUT2D eigenvalue weighted by molar-refractivity contribution is 0.170. The molecular weight excluding hydrogens is 268 g/mol. The molecule has 0 aliphatic heterocycles. The van der Waals surface area contributed by atoms with Crippen LogP contribution < -0.4 is 4.87 Å². The van der Waals surface area contributed by atoms with E-state index in [0.29, 0.717) is 11.8 Å². The van der Waals surface area contributed by atoms with Gasteiger partial charge >= 0.3 is 4.87 Å². The monoisotopic (exact) mass is 296 g/mol. The zero-order valence-corrected chi connectivity index (χ0v) is 14.1. The van der Waals surface area contributed by atoms with Gasteiger partial charge in [-0.2, -0.15) is 0 Å². The highest BCUT2D eigenvalue weighted by Crippen LogP contribution is 2.23. The molecule has 0 fully saturated rings. The number of aryl methyl sites for hydroxylation is 1. The number of fused-ring (bicyclic) bond motifs is 1. The third-order valence-electron chi connectivity index (χ3n) is 3.73. The minimum Gasteiger partial charge on any atom is -0.289 e. The second kappa shape index (κ2) is 6.90. The Morgan fingerprint density at radius 3 is 2.30 bits per heavy atom. The molecule has 0 bridgehead atoms. The van der Waals surface area contributed by atoms with E-state index in [1.807, 2.05) is 4.57 Å². The molecule has 1 aromatic rings. The van der Waals surface area contributed by atoms with Crippen molar-refractivity contribution in [2.24, 2.45) is 11.8 Å². The van der Waals surface area contributed by atoms with Crippen LogP contribution in [0.5, 0.6) is 0 Å². The topological polar surface area (TPSA) is 25.2 Å². The quantitative estimate of drug-likeness (QED) is 0.804. The van der Waals surface area contributed by atoms with Crippen LogP contribution >= 0.6 is 11.3 Å². The standard InChI is InChI=1S/C16H28N2OS/c1-12(2)9-17(10-13(3)4)11-18-14-7-5-6-8-15(14)20-16(18)19/h12-13H,5-11H2,1-4H3. The fraction of sp³-hybridized carbons (Fsp3) is 0.812. The summed E-state index contributed by atoms with van der Waals surface area (Å²) in [5.74, 6) is 1.28. The highest BCUT2D eigenvalue weighted by Gasteiger charge is 2.20. The van der Waals surface area contributed by atoms with Crippen LogP contribution in [0.4, 0.5) is 0 Å². The van der Waals surface area contributed by atoms with Gasteiger partial charge in [0.2, 0.25) is 0 Å². The molecule has 0 atom stereocenters. The van der Waals surface area contributed by atoms with E-state index in [0.717, 1.165) is 32.6 Å². The predicted octanol–water partition coefficient (Wildman–Crippen LogP) is 3.36. The Hall–Kier alpha value is -0.610. The number of hydrogen-bond acceptors (Lipinski definition) is 3. The van der Waals surface area contributed by atoms with E-state index in [9.17, 15) is 4.79 Å². The molecular formula is C16H28N2OS. The molecule has 0 spiro atoms. The van der Waals surface area contributed by atoms with Gasteiger partial charge in [-0.1, -0.05) is 39.0 Å². The van der Waals surface area contributed by atoms with Gasteiger partial charge in [0.15, 0.2) is 0 Å². The van der Waals surface area contributed by atoms with Crippen LogP contribution in [-0.2, 0) is 19.5 Å². The smallest absolute Gasteiger partial charge is 0.289 e. The van der Waals surface area contributed by atoms with Crippen molar-refractivity contribution < 1.29 is 0 Å². The fourth-order valence-electron chi connectivity index (χ4n) is 3.09. The van der Waals surface area contributed by atoms with E-state index in [4.69, 9.17) is 0 Å². The highest BCUT2D eigenvalue weighted by atomic mass is 32.1. The molecule has 4 heteroatoms. The Morgan fingerprint density at radius 1 is 1.10 bits per heavy atom. The molecule has 0 aromatic carbocycles. The van der Waals surface area contributed by atoms with Crippen LogP contribution in [0, 0.1) is 11.8 Å². The summed E-state index contributed by atoms with van der Waals surface area (Å²) in [5, 5.41) is 0. The molecule has 0 unspecified atom stereocenters. The normalized spacial score (nSPS) is 15.3. The van der Waals surface area contributed by atoms with Crippen LogP contribution in [0.15, 0.2) is 4.79 Å². The summed E-state index contributed by atoms with van der Waals surface area (Å²) < 4.78 is 2.05. The second-order valence-corrected chi connectivity index (χ2v) is 7.88. The maximum atomic E-state index is 12.3. The maximum Gasteiger partial charge on any atom is 0.308 e. The number of rotatable bonds is 6. The maximum absolute atomic E-state index is 12.3. The van der Waals surface area contributed by atoms with E-state index in [1.165, 1.54) is 34.7 Å². The first-order chi connectivity index (χ1) is 9.47. The Balaban J connectivity index is 2.17. The van der Waals surface area contributed by atoms with Crippen molar-refractivity contribution >= 4 is 11.3 Å². The molecule has 0 saturated heterocycles. The van der Waals surface area contributed by atoms with Gasteiger partial charge in [0, 0.05) is 23.7 Å². The molecule has 0 amide bonds. The van der Waals surface area contributed by atoms with Crippen LogP contribution in [-0.4, -0.2) is 22.6 Å². The van der Waals surface area contributed by atoms with Crippen LogP contribution in [0.3, 0.4) is 0 Å². The number of nitrogens with zero attached hydrogens (tertiary/aromatic N) is 2. The van der Waals surface area contributed by atoms with E-state index < -0.39 is 0 Å². The molecule has 20 heavy (non-hydrogen) atoms. The third kappa shape index (κ3) is 3.95. The average molecular weight is 296 g/mol. The molecule has 1 heterocycles. The summed E-state index contributed by atoms with van der Waals surface area (Å²) >= 11 is 1.48. The molecule has 3 nitrogen and oxygen atoms in total. The van der Waals surface area contributed by atoms with Crippen molar-refractivity contribution in [3.8, 4) is 0 Å². The summed E-state index contributed by atoms with van der Waals surface area (Å²) in [7, 11) is 0. The lowest BCUT2D eigenvalue weighted by Crippen LogP contribution is -2.36. The minimum atomic E-state index is 0.245. The van der Waals surface area contributed by atoms with Crippen molar-refractivity contribution in [1.82, 2.24) is 9.47 Å². The average Bonchev–Trinajstić information content (AvgIpc) is 2.64. The zero-order chi connectivity index (χ0) is 14.7. The van der Waals surface area contributed by atoms with E-state index in [-0.39, 0.29) is 4.87 Å². The van der Waals surface area contributed by atoms with Crippen molar-refractivity contribution in [1.29, 1.82) is 0 Å². The second-order valence-electron chi connectivity index (χ2n) is 6.84. The first-order valence-electron chi connectivity index (χ1n) is 7.91. The first kappa shape index (κ1) is 15.8. The zero-order valence-electron chi connectivity index (χ0n) is 13.3. The van der Waals surface area contributed by atoms with Gasteiger partial charge in [-0.3, -0.25) is 14.3 Å². The summed E-state index contributed by atoms with van der Waals surface area (Å²) in [6.07, 6.45) is 4.67. The van der Waals surface area contributed by atoms with Gasteiger partial charge in [-0.05, 0) is 37.5 Å². The van der Waals surface area contributed by atoms with Crippen molar-refractivity contribution in [3.63, 3.8) is 0 Å².